The molecule has 2 heterocycles. The molecule has 5 heteroatoms. The van der Waals surface area contributed by atoms with Crippen LogP contribution in [0.5, 0.6) is 0 Å². The Morgan fingerprint density at radius 2 is 1.74 bits per heavy atom. The van der Waals surface area contributed by atoms with E-state index in [4.69, 9.17) is 0 Å². The topological polar surface area (TPSA) is 58.1 Å². The molecule has 0 spiro atoms. The Balaban J connectivity index is 1.67. The first-order valence-corrected chi connectivity index (χ1v) is 8.09. The molecule has 0 radical (unpaired) electrons. The van der Waals surface area contributed by atoms with Gasteiger partial charge in [-0.25, -0.2) is 9.97 Å². The van der Waals surface area contributed by atoms with Crippen LogP contribution in [0.4, 0.5) is 11.6 Å². The van der Waals surface area contributed by atoms with Crippen LogP contribution in [0, 0.1) is 13.8 Å². The van der Waals surface area contributed by atoms with Gasteiger partial charge in [0, 0.05) is 18.7 Å². The van der Waals surface area contributed by atoms with Crippen LogP contribution in [0.3, 0.4) is 0 Å². The lowest BCUT2D eigenvalue weighted by Crippen LogP contribution is -2.30. The molecule has 1 aromatic heterocycles. The van der Waals surface area contributed by atoms with E-state index in [1.165, 1.54) is 24.8 Å². The van der Waals surface area contributed by atoms with Crippen molar-refractivity contribution in [3.05, 3.63) is 47.3 Å². The lowest BCUT2D eigenvalue weighted by Gasteiger charge is -2.26. The third kappa shape index (κ3) is 3.67. The van der Waals surface area contributed by atoms with E-state index in [-0.39, 0.29) is 5.91 Å². The number of hydrogen-bond donors (Lipinski definition) is 1. The molecule has 2 aromatic rings. The number of amides is 1. The molecule has 0 aliphatic carbocycles. The second-order valence-corrected chi connectivity index (χ2v) is 6.07. The fourth-order valence-corrected chi connectivity index (χ4v) is 2.73. The molecule has 1 fully saturated rings. The van der Waals surface area contributed by atoms with E-state index in [1.54, 1.807) is 12.4 Å². The van der Waals surface area contributed by atoms with Crippen LogP contribution in [-0.4, -0.2) is 29.0 Å². The Bertz CT molecular complexity index is 691. The largest absolute Gasteiger partial charge is 0.341 e. The van der Waals surface area contributed by atoms with Crippen molar-refractivity contribution in [2.45, 2.75) is 33.1 Å². The van der Waals surface area contributed by atoms with E-state index >= 15 is 0 Å². The van der Waals surface area contributed by atoms with E-state index in [9.17, 15) is 4.79 Å². The number of carbonyl (C=O) groups is 1. The first-order chi connectivity index (χ1) is 11.1. The van der Waals surface area contributed by atoms with Crippen LogP contribution in [0.25, 0.3) is 0 Å². The van der Waals surface area contributed by atoms with E-state index in [2.05, 4.69) is 20.2 Å². The average Bonchev–Trinajstić information content (AvgIpc) is 2.59. The number of piperidine rings is 1. The number of aryl methyl sites for hydroxylation is 2. The molecule has 0 atom stereocenters. The van der Waals surface area contributed by atoms with Gasteiger partial charge in [-0.3, -0.25) is 4.79 Å². The lowest BCUT2D eigenvalue weighted by molar-refractivity contribution is 0.102. The zero-order chi connectivity index (χ0) is 16.2. The van der Waals surface area contributed by atoms with Gasteiger partial charge in [-0.2, -0.15) is 0 Å². The van der Waals surface area contributed by atoms with Crippen LogP contribution in [0.15, 0.2) is 30.6 Å². The minimum Gasteiger partial charge on any atom is -0.341 e. The van der Waals surface area contributed by atoms with Gasteiger partial charge in [0.2, 0.25) is 5.95 Å². The molecular formula is C18H22N4O. The van der Waals surface area contributed by atoms with Crippen LogP contribution in [0.1, 0.15) is 40.7 Å². The first kappa shape index (κ1) is 15.5. The Morgan fingerprint density at radius 1 is 1.04 bits per heavy atom. The molecule has 23 heavy (non-hydrogen) atoms. The van der Waals surface area contributed by atoms with Gasteiger partial charge in [0.15, 0.2) is 0 Å². The Kier molecular flexibility index (Phi) is 4.55. The number of nitrogens with one attached hydrogen (secondary N) is 1. The summed E-state index contributed by atoms with van der Waals surface area (Å²) in [4.78, 5) is 23.2. The van der Waals surface area contributed by atoms with Gasteiger partial charge >= 0.3 is 0 Å². The van der Waals surface area contributed by atoms with Gasteiger partial charge in [0.25, 0.3) is 5.91 Å². The minimum absolute atomic E-state index is 0.137. The number of benzene rings is 1. The Labute approximate surface area is 136 Å². The monoisotopic (exact) mass is 310 g/mol. The van der Waals surface area contributed by atoms with Gasteiger partial charge in [0.1, 0.15) is 0 Å². The third-order valence-electron chi connectivity index (χ3n) is 4.30. The molecule has 1 aliphatic heterocycles. The van der Waals surface area contributed by atoms with Crippen molar-refractivity contribution in [1.29, 1.82) is 0 Å². The van der Waals surface area contributed by atoms with Crippen molar-refractivity contribution in [3.8, 4) is 0 Å². The van der Waals surface area contributed by atoms with Crippen molar-refractivity contribution >= 4 is 17.5 Å². The highest BCUT2D eigenvalue weighted by Crippen LogP contribution is 2.17. The molecule has 1 aliphatic rings. The summed E-state index contributed by atoms with van der Waals surface area (Å²) in [5, 5.41) is 2.85. The van der Waals surface area contributed by atoms with Crippen LogP contribution in [-0.2, 0) is 0 Å². The molecule has 1 amide bonds. The Morgan fingerprint density at radius 3 is 2.39 bits per heavy atom. The predicted octanol–water partition coefficient (Wildman–Crippen LogP) is 3.34. The second-order valence-electron chi connectivity index (χ2n) is 6.07. The summed E-state index contributed by atoms with van der Waals surface area (Å²) < 4.78 is 0. The van der Waals surface area contributed by atoms with E-state index < -0.39 is 0 Å². The molecule has 0 saturated carbocycles. The maximum atomic E-state index is 12.3. The maximum Gasteiger partial charge on any atom is 0.255 e. The summed E-state index contributed by atoms with van der Waals surface area (Å²) in [6, 6.07) is 5.69. The number of aromatic nitrogens is 2. The zero-order valence-electron chi connectivity index (χ0n) is 13.7. The number of anilines is 2. The molecule has 5 nitrogen and oxygen atoms in total. The molecular weight excluding hydrogens is 288 g/mol. The van der Waals surface area contributed by atoms with E-state index in [0.717, 1.165) is 24.6 Å². The summed E-state index contributed by atoms with van der Waals surface area (Å²) in [5.74, 6) is 0.608. The molecule has 1 saturated heterocycles. The number of nitrogens with zero attached hydrogens (tertiary/aromatic N) is 3. The SMILES string of the molecule is Cc1ccc(C(=O)Nc2cnc(N3CCCCC3)nc2)cc1C. The van der Waals surface area contributed by atoms with Gasteiger partial charge in [-0.1, -0.05) is 6.07 Å². The maximum absolute atomic E-state index is 12.3. The highest BCUT2D eigenvalue weighted by atomic mass is 16.1. The normalized spacial score (nSPS) is 14.6. The second kappa shape index (κ2) is 6.77. The van der Waals surface area contributed by atoms with Gasteiger partial charge < -0.3 is 10.2 Å². The highest BCUT2D eigenvalue weighted by molar-refractivity contribution is 6.04. The third-order valence-corrected chi connectivity index (χ3v) is 4.30. The van der Waals surface area contributed by atoms with Crippen molar-refractivity contribution in [1.82, 2.24) is 9.97 Å². The number of hydrogen-bond acceptors (Lipinski definition) is 4. The highest BCUT2D eigenvalue weighted by Gasteiger charge is 2.13. The summed E-state index contributed by atoms with van der Waals surface area (Å²) in [6.45, 7) is 6.05. The quantitative estimate of drug-likeness (QED) is 0.944. The van der Waals surface area contributed by atoms with Crippen molar-refractivity contribution < 1.29 is 4.79 Å². The summed E-state index contributed by atoms with van der Waals surface area (Å²) >= 11 is 0. The molecule has 1 N–H and O–H groups in total. The van der Waals surface area contributed by atoms with E-state index in [0.29, 0.717) is 11.3 Å². The molecule has 0 unspecified atom stereocenters. The fraction of sp³-hybridized carbons (Fsp3) is 0.389. The number of rotatable bonds is 3. The van der Waals surface area contributed by atoms with Crippen LogP contribution < -0.4 is 10.2 Å². The zero-order valence-corrected chi connectivity index (χ0v) is 13.7. The lowest BCUT2D eigenvalue weighted by atomic mass is 10.1. The Hall–Kier alpha value is -2.43. The summed E-state index contributed by atoms with van der Waals surface area (Å²) in [6.07, 6.45) is 7.01. The predicted molar refractivity (Wildman–Crippen MR) is 92.0 cm³/mol. The smallest absolute Gasteiger partial charge is 0.255 e. The standard InChI is InChI=1S/C18H22N4O/c1-13-6-7-15(10-14(13)2)17(23)21-16-11-19-18(20-12-16)22-8-4-3-5-9-22/h6-7,10-12H,3-5,8-9H2,1-2H3,(H,21,23). The molecule has 3 rings (SSSR count). The minimum atomic E-state index is -0.137. The van der Waals surface area contributed by atoms with Gasteiger partial charge in [0.05, 0.1) is 18.1 Å². The molecule has 1 aromatic carbocycles. The van der Waals surface area contributed by atoms with Crippen molar-refractivity contribution in [2.75, 3.05) is 23.3 Å². The van der Waals surface area contributed by atoms with Gasteiger partial charge in [-0.15, -0.1) is 0 Å². The van der Waals surface area contributed by atoms with Gasteiger partial charge in [-0.05, 0) is 56.4 Å². The van der Waals surface area contributed by atoms with E-state index in [1.807, 2.05) is 32.0 Å². The van der Waals surface area contributed by atoms with Crippen molar-refractivity contribution in [2.24, 2.45) is 0 Å². The first-order valence-electron chi connectivity index (χ1n) is 8.09. The van der Waals surface area contributed by atoms with Crippen LogP contribution >= 0.6 is 0 Å². The fourth-order valence-electron chi connectivity index (χ4n) is 2.73. The molecule has 0 bridgehead atoms. The average molecular weight is 310 g/mol. The molecule has 120 valence electrons. The summed E-state index contributed by atoms with van der Waals surface area (Å²) in [7, 11) is 0. The number of carbonyl (C=O) groups excluding carboxylic acids is 1. The van der Waals surface area contributed by atoms with Crippen molar-refractivity contribution in [3.63, 3.8) is 0 Å². The van der Waals surface area contributed by atoms with Crippen LogP contribution in [0.2, 0.25) is 0 Å². The summed E-state index contributed by atoms with van der Waals surface area (Å²) in [5.41, 5.74) is 3.55.